The number of primary amides is 1. The lowest BCUT2D eigenvalue weighted by atomic mass is 10.2. The number of nitrogens with zero attached hydrogens (tertiary/aromatic N) is 1. The second kappa shape index (κ2) is 9.63. The Balaban J connectivity index is 1.86. The maximum Gasteiger partial charge on any atom is 0.248 e. The molecule has 7 nitrogen and oxygen atoms in total. The zero-order valence-corrected chi connectivity index (χ0v) is 17.8. The number of ether oxygens (including phenoxy) is 1. The van der Waals surface area contributed by atoms with Crippen LogP contribution in [-0.4, -0.2) is 32.1 Å². The maximum absolute atomic E-state index is 13.1. The third-order valence-electron chi connectivity index (χ3n) is 4.58. The van der Waals surface area contributed by atoms with Gasteiger partial charge in [-0.15, -0.1) is 0 Å². The first kappa shape index (κ1) is 22.3. The molecule has 3 rings (SSSR count). The summed E-state index contributed by atoms with van der Waals surface area (Å²) in [6, 6.07) is 22.5. The molecular formula is C23H24N2O5S. The topological polar surface area (TPSA) is 110 Å². The number of sulfonamides is 1. The fraction of sp³-hybridized carbons (Fsp3) is 0.174. The second-order valence-electron chi connectivity index (χ2n) is 7.10. The summed E-state index contributed by atoms with van der Waals surface area (Å²) in [5.74, 6) is -0.125. The van der Waals surface area contributed by atoms with Crippen LogP contribution >= 0.6 is 0 Å². The average molecular weight is 441 g/mol. The van der Waals surface area contributed by atoms with E-state index in [1.165, 1.54) is 0 Å². The van der Waals surface area contributed by atoms with Crippen LogP contribution in [0.15, 0.2) is 78.9 Å². The van der Waals surface area contributed by atoms with Gasteiger partial charge >= 0.3 is 0 Å². The van der Waals surface area contributed by atoms with E-state index in [4.69, 9.17) is 10.5 Å². The molecule has 3 N–H and O–H groups in total. The zero-order chi connectivity index (χ0) is 22.4. The van der Waals surface area contributed by atoms with Gasteiger partial charge in [0.25, 0.3) is 0 Å². The lowest BCUT2D eigenvalue weighted by Gasteiger charge is -2.26. The number of hydrogen-bond acceptors (Lipinski definition) is 5. The van der Waals surface area contributed by atoms with Gasteiger partial charge in [0.1, 0.15) is 11.5 Å². The van der Waals surface area contributed by atoms with Gasteiger partial charge in [0.2, 0.25) is 15.9 Å². The van der Waals surface area contributed by atoms with Crippen molar-refractivity contribution in [3.8, 4) is 11.5 Å². The number of rotatable bonds is 9. The van der Waals surface area contributed by atoms with Crippen LogP contribution in [-0.2, 0) is 20.6 Å². The number of carbonyl (C=O) groups excluding carboxylic acids is 1. The van der Waals surface area contributed by atoms with Crippen LogP contribution in [0.2, 0.25) is 0 Å². The SMILES string of the molecule is Cc1ccc(Oc2ccc(N(C[C@H](O)C(N)=O)S(=O)(=O)Cc3ccccc3)cc2)cc1. The van der Waals surface area contributed by atoms with Crippen molar-refractivity contribution < 1.29 is 23.1 Å². The minimum absolute atomic E-state index is 0.285. The van der Waals surface area contributed by atoms with E-state index in [1.807, 2.05) is 31.2 Å². The largest absolute Gasteiger partial charge is 0.457 e. The van der Waals surface area contributed by atoms with E-state index in [-0.39, 0.29) is 11.4 Å². The number of aryl methyl sites for hydroxylation is 1. The summed E-state index contributed by atoms with van der Waals surface area (Å²) in [7, 11) is -3.91. The number of carbonyl (C=O) groups is 1. The van der Waals surface area contributed by atoms with E-state index in [0.717, 1.165) is 9.87 Å². The minimum atomic E-state index is -3.91. The lowest BCUT2D eigenvalue weighted by Crippen LogP contribution is -2.43. The molecule has 0 saturated carbocycles. The van der Waals surface area contributed by atoms with E-state index in [0.29, 0.717) is 17.1 Å². The molecule has 0 unspecified atom stereocenters. The Bertz CT molecular complexity index is 1110. The van der Waals surface area contributed by atoms with Crippen molar-refractivity contribution in [1.82, 2.24) is 0 Å². The van der Waals surface area contributed by atoms with Gasteiger partial charge in [0.15, 0.2) is 6.10 Å². The van der Waals surface area contributed by atoms with Crippen molar-refractivity contribution >= 4 is 21.6 Å². The molecular weight excluding hydrogens is 416 g/mol. The number of nitrogens with two attached hydrogens (primary N) is 1. The van der Waals surface area contributed by atoms with E-state index in [9.17, 15) is 18.3 Å². The molecule has 1 amide bonds. The van der Waals surface area contributed by atoms with Crippen molar-refractivity contribution in [3.05, 3.63) is 90.0 Å². The number of amides is 1. The summed E-state index contributed by atoms with van der Waals surface area (Å²) in [6.07, 6.45) is -1.64. The molecule has 8 heteroatoms. The molecule has 0 aliphatic rings. The summed E-state index contributed by atoms with van der Waals surface area (Å²) < 4.78 is 33.0. The van der Waals surface area contributed by atoms with Crippen molar-refractivity contribution in [1.29, 1.82) is 0 Å². The van der Waals surface area contributed by atoms with Crippen molar-refractivity contribution in [3.63, 3.8) is 0 Å². The van der Waals surface area contributed by atoms with Crippen LogP contribution in [0.1, 0.15) is 11.1 Å². The number of benzene rings is 3. The quantitative estimate of drug-likeness (QED) is 0.532. The lowest BCUT2D eigenvalue weighted by molar-refractivity contribution is -0.125. The number of hydrogen-bond donors (Lipinski definition) is 2. The molecule has 0 aliphatic heterocycles. The van der Waals surface area contributed by atoms with Crippen LogP contribution in [0, 0.1) is 6.92 Å². The Morgan fingerprint density at radius 1 is 0.968 bits per heavy atom. The highest BCUT2D eigenvalue weighted by molar-refractivity contribution is 7.92. The maximum atomic E-state index is 13.1. The van der Waals surface area contributed by atoms with Crippen LogP contribution in [0.3, 0.4) is 0 Å². The van der Waals surface area contributed by atoms with Gasteiger partial charge < -0.3 is 15.6 Å². The van der Waals surface area contributed by atoms with Crippen LogP contribution in [0.25, 0.3) is 0 Å². The van der Waals surface area contributed by atoms with Gasteiger partial charge in [0.05, 0.1) is 18.0 Å². The summed E-state index contributed by atoms with van der Waals surface area (Å²) in [4.78, 5) is 11.4. The van der Waals surface area contributed by atoms with Gasteiger partial charge in [-0.05, 0) is 48.9 Å². The Morgan fingerprint density at radius 3 is 2.06 bits per heavy atom. The number of aliphatic hydroxyl groups excluding tert-OH is 1. The molecule has 0 radical (unpaired) electrons. The first-order valence-electron chi connectivity index (χ1n) is 9.61. The number of aliphatic hydroxyl groups is 1. The zero-order valence-electron chi connectivity index (χ0n) is 17.0. The molecule has 0 fully saturated rings. The molecule has 162 valence electrons. The Hall–Kier alpha value is -3.36. The van der Waals surface area contributed by atoms with Crippen molar-refractivity contribution in [2.75, 3.05) is 10.8 Å². The summed E-state index contributed by atoms with van der Waals surface area (Å²) in [6.45, 7) is 1.49. The smallest absolute Gasteiger partial charge is 0.248 e. The molecule has 3 aromatic carbocycles. The third-order valence-corrected chi connectivity index (χ3v) is 6.31. The van der Waals surface area contributed by atoms with Gasteiger partial charge in [-0.25, -0.2) is 8.42 Å². The predicted molar refractivity (Wildman–Crippen MR) is 119 cm³/mol. The highest BCUT2D eigenvalue weighted by atomic mass is 32.2. The highest BCUT2D eigenvalue weighted by Crippen LogP contribution is 2.27. The standard InChI is InChI=1S/C23H24N2O5S/c1-17-7-11-20(12-8-17)30-21-13-9-19(10-14-21)25(15-22(26)23(24)27)31(28,29)16-18-5-3-2-4-6-18/h2-14,22,26H,15-16H2,1H3,(H2,24,27)/t22-/m0/s1. The normalized spacial score (nSPS) is 12.2. The van der Waals surface area contributed by atoms with Crippen molar-refractivity contribution in [2.24, 2.45) is 5.73 Å². The predicted octanol–water partition coefficient (Wildman–Crippen LogP) is 2.97. The molecule has 3 aromatic rings. The second-order valence-corrected chi connectivity index (χ2v) is 8.99. The molecule has 0 spiro atoms. The molecule has 1 atom stereocenters. The van der Waals surface area contributed by atoms with Gasteiger partial charge in [-0.2, -0.15) is 0 Å². The van der Waals surface area contributed by atoms with E-state index in [2.05, 4.69) is 0 Å². The van der Waals surface area contributed by atoms with Gasteiger partial charge in [-0.1, -0.05) is 48.0 Å². The average Bonchev–Trinajstić information content (AvgIpc) is 2.74. The molecule has 0 saturated heterocycles. The van der Waals surface area contributed by atoms with E-state index >= 15 is 0 Å². The Morgan fingerprint density at radius 2 is 1.52 bits per heavy atom. The molecule has 31 heavy (non-hydrogen) atoms. The third kappa shape index (κ3) is 6.07. The molecule has 0 heterocycles. The van der Waals surface area contributed by atoms with Crippen molar-refractivity contribution in [2.45, 2.75) is 18.8 Å². The molecule has 0 bridgehead atoms. The van der Waals surface area contributed by atoms with Crippen LogP contribution < -0.4 is 14.8 Å². The van der Waals surface area contributed by atoms with E-state index < -0.39 is 28.6 Å². The first-order valence-corrected chi connectivity index (χ1v) is 11.2. The van der Waals surface area contributed by atoms with Crippen LogP contribution in [0.4, 0.5) is 5.69 Å². The fourth-order valence-corrected chi connectivity index (χ4v) is 4.49. The van der Waals surface area contributed by atoms with Crippen LogP contribution in [0.5, 0.6) is 11.5 Å². The minimum Gasteiger partial charge on any atom is -0.457 e. The van der Waals surface area contributed by atoms with Gasteiger partial charge in [-0.3, -0.25) is 9.10 Å². The Kier molecular flexibility index (Phi) is 6.94. The fourth-order valence-electron chi connectivity index (χ4n) is 2.91. The molecule has 0 aromatic heterocycles. The Labute approximate surface area is 181 Å². The first-order chi connectivity index (χ1) is 14.7. The van der Waals surface area contributed by atoms with E-state index in [1.54, 1.807) is 54.6 Å². The van der Waals surface area contributed by atoms with Gasteiger partial charge in [0, 0.05) is 0 Å². The molecule has 0 aliphatic carbocycles. The highest BCUT2D eigenvalue weighted by Gasteiger charge is 2.27. The summed E-state index contributed by atoms with van der Waals surface area (Å²) in [5, 5.41) is 9.95. The summed E-state index contributed by atoms with van der Waals surface area (Å²) >= 11 is 0. The summed E-state index contributed by atoms with van der Waals surface area (Å²) in [5.41, 5.74) is 7.12. The monoisotopic (exact) mass is 440 g/mol. The number of anilines is 1.